The molecule has 3 heteroatoms. The first-order valence-electron chi connectivity index (χ1n) is 5.37. The topological polar surface area (TPSA) is 24.5 Å². The van der Waals surface area contributed by atoms with Crippen LogP contribution in [0.2, 0.25) is 0 Å². The highest BCUT2D eigenvalue weighted by atomic mass is 16.5. The van der Waals surface area contributed by atoms with Gasteiger partial charge in [0.15, 0.2) is 0 Å². The van der Waals surface area contributed by atoms with Gasteiger partial charge in [-0.3, -0.25) is 4.90 Å². The molecule has 0 spiro atoms. The molecule has 0 unspecified atom stereocenters. The number of piperazine rings is 1. The van der Waals surface area contributed by atoms with Crippen LogP contribution in [-0.2, 0) is 4.74 Å². The van der Waals surface area contributed by atoms with E-state index in [2.05, 4.69) is 37.9 Å². The molecule has 0 amide bonds. The Morgan fingerprint density at radius 1 is 1.14 bits per heavy atom. The predicted molar refractivity (Wildman–Crippen MR) is 59.6 cm³/mol. The van der Waals surface area contributed by atoms with E-state index in [0.717, 1.165) is 26.2 Å². The molecule has 0 bridgehead atoms. The van der Waals surface area contributed by atoms with Crippen molar-refractivity contribution in [3.63, 3.8) is 0 Å². The summed E-state index contributed by atoms with van der Waals surface area (Å²) in [7, 11) is 1.77. The fraction of sp³-hybridized carbons (Fsp3) is 1.00. The third kappa shape index (κ3) is 2.47. The highest BCUT2D eigenvalue weighted by Crippen LogP contribution is 2.27. The van der Waals surface area contributed by atoms with E-state index in [1.54, 1.807) is 7.11 Å². The monoisotopic (exact) mass is 200 g/mol. The first-order valence-corrected chi connectivity index (χ1v) is 5.37. The normalized spacial score (nSPS) is 26.4. The summed E-state index contributed by atoms with van der Waals surface area (Å²) in [4.78, 5) is 2.54. The number of rotatable bonds is 3. The Bertz CT molecular complexity index is 174. The van der Waals surface area contributed by atoms with Gasteiger partial charge < -0.3 is 10.1 Å². The molecule has 0 atom stereocenters. The molecular formula is C11H24N2O. The number of methoxy groups -OCH3 is 1. The Morgan fingerprint density at radius 2 is 1.64 bits per heavy atom. The zero-order valence-corrected chi connectivity index (χ0v) is 10.2. The maximum absolute atomic E-state index is 5.17. The van der Waals surface area contributed by atoms with E-state index in [4.69, 9.17) is 4.74 Å². The summed E-state index contributed by atoms with van der Waals surface area (Å²) in [5, 5.41) is 3.49. The van der Waals surface area contributed by atoms with Gasteiger partial charge in [-0.1, -0.05) is 0 Å². The van der Waals surface area contributed by atoms with Gasteiger partial charge in [0.05, 0.1) is 6.61 Å². The van der Waals surface area contributed by atoms with Gasteiger partial charge >= 0.3 is 0 Å². The van der Waals surface area contributed by atoms with Crippen LogP contribution < -0.4 is 5.32 Å². The predicted octanol–water partition coefficient (Wildman–Crippen LogP) is 1.10. The second-order valence-electron chi connectivity index (χ2n) is 5.37. The largest absolute Gasteiger partial charge is 0.383 e. The molecule has 1 aliphatic rings. The minimum atomic E-state index is 0.222. The van der Waals surface area contributed by atoms with Gasteiger partial charge in [0.2, 0.25) is 0 Å². The first kappa shape index (κ1) is 12.0. The molecule has 0 aromatic carbocycles. The quantitative estimate of drug-likeness (QED) is 0.738. The molecule has 0 aromatic heterocycles. The van der Waals surface area contributed by atoms with Crippen LogP contribution >= 0.6 is 0 Å². The third-order valence-electron chi connectivity index (χ3n) is 3.10. The van der Waals surface area contributed by atoms with E-state index in [9.17, 15) is 0 Å². The molecule has 0 aliphatic carbocycles. The summed E-state index contributed by atoms with van der Waals surface area (Å²) in [6.45, 7) is 13.1. The van der Waals surface area contributed by atoms with Gasteiger partial charge in [-0.2, -0.15) is 0 Å². The summed E-state index contributed by atoms with van der Waals surface area (Å²) in [5.74, 6) is 0. The van der Waals surface area contributed by atoms with E-state index < -0.39 is 0 Å². The molecule has 1 fully saturated rings. The summed E-state index contributed by atoms with van der Waals surface area (Å²) >= 11 is 0. The maximum Gasteiger partial charge on any atom is 0.0590 e. The number of ether oxygens (including phenoxy) is 1. The van der Waals surface area contributed by atoms with Crippen molar-refractivity contribution in [3.05, 3.63) is 0 Å². The molecule has 1 heterocycles. The molecule has 0 saturated carbocycles. The van der Waals surface area contributed by atoms with Crippen LogP contribution in [-0.4, -0.2) is 49.3 Å². The van der Waals surface area contributed by atoms with Crippen LogP contribution in [0.15, 0.2) is 0 Å². The second-order valence-corrected chi connectivity index (χ2v) is 5.37. The highest BCUT2D eigenvalue weighted by Gasteiger charge is 2.40. The van der Waals surface area contributed by atoms with Gasteiger partial charge in [-0.15, -0.1) is 0 Å². The smallest absolute Gasteiger partial charge is 0.0590 e. The molecule has 14 heavy (non-hydrogen) atoms. The van der Waals surface area contributed by atoms with Gasteiger partial charge in [0, 0.05) is 37.8 Å². The standard InChI is InChI=1S/C11H24N2O/c1-10(2)8-12-9-11(3,4)13(10)6-7-14-5/h12H,6-9H2,1-5H3. The Kier molecular flexibility index (Phi) is 3.56. The number of hydrogen-bond donors (Lipinski definition) is 1. The Morgan fingerprint density at radius 3 is 2.07 bits per heavy atom. The van der Waals surface area contributed by atoms with Gasteiger partial charge in [-0.25, -0.2) is 0 Å². The lowest BCUT2D eigenvalue weighted by molar-refractivity contribution is -0.0280. The van der Waals surface area contributed by atoms with E-state index in [1.165, 1.54) is 0 Å². The maximum atomic E-state index is 5.17. The Labute approximate surface area is 87.8 Å². The van der Waals surface area contributed by atoms with Crippen LogP contribution in [0, 0.1) is 0 Å². The van der Waals surface area contributed by atoms with E-state index in [-0.39, 0.29) is 11.1 Å². The lowest BCUT2D eigenvalue weighted by Gasteiger charge is -2.53. The van der Waals surface area contributed by atoms with Crippen molar-refractivity contribution >= 4 is 0 Å². The minimum Gasteiger partial charge on any atom is -0.383 e. The zero-order valence-electron chi connectivity index (χ0n) is 10.2. The van der Waals surface area contributed by atoms with Crippen molar-refractivity contribution in [1.82, 2.24) is 10.2 Å². The fourth-order valence-electron chi connectivity index (χ4n) is 2.47. The van der Waals surface area contributed by atoms with E-state index in [0.29, 0.717) is 0 Å². The fourth-order valence-corrected chi connectivity index (χ4v) is 2.47. The molecule has 0 radical (unpaired) electrons. The molecule has 1 rings (SSSR count). The first-order chi connectivity index (χ1) is 6.40. The van der Waals surface area contributed by atoms with Crippen molar-refractivity contribution in [3.8, 4) is 0 Å². The second kappa shape index (κ2) is 4.17. The van der Waals surface area contributed by atoms with Crippen molar-refractivity contribution < 1.29 is 4.74 Å². The van der Waals surface area contributed by atoms with E-state index >= 15 is 0 Å². The number of hydrogen-bond acceptors (Lipinski definition) is 3. The molecule has 0 aromatic rings. The SMILES string of the molecule is COCCN1C(C)(C)CNCC1(C)C. The Hall–Kier alpha value is -0.120. The van der Waals surface area contributed by atoms with Crippen molar-refractivity contribution in [2.24, 2.45) is 0 Å². The van der Waals surface area contributed by atoms with Crippen LogP contribution in [0.5, 0.6) is 0 Å². The van der Waals surface area contributed by atoms with Gasteiger partial charge in [-0.05, 0) is 27.7 Å². The lowest BCUT2D eigenvalue weighted by Crippen LogP contribution is -2.68. The van der Waals surface area contributed by atoms with Crippen LogP contribution in [0.25, 0.3) is 0 Å². The summed E-state index contributed by atoms with van der Waals surface area (Å²) < 4.78 is 5.17. The molecule has 1 N–H and O–H groups in total. The third-order valence-corrected chi connectivity index (χ3v) is 3.10. The molecule has 84 valence electrons. The number of nitrogens with one attached hydrogen (secondary N) is 1. The van der Waals surface area contributed by atoms with Crippen molar-refractivity contribution in [2.45, 2.75) is 38.8 Å². The molecule has 1 saturated heterocycles. The van der Waals surface area contributed by atoms with Crippen molar-refractivity contribution in [1.29, 1.82) is 0 Å². The van der Waals surface area contributed by atoms with Crippen molar-refractivity contribution in [2.75, 3.05) is 33.4 Å². The van der Waals surface area contributed by atoms with E-state index in [1.807, 2.05) is 0 Å². The van der Waals surface area contributed by atoms with Crippen LogP contribution in [0.1, 0.15) is 27.7 Å². The number of nitrogens with zero attached hydrogens (tertiary/aromatic N) is 1. The zero-order chi connectivity index (χ0) is 10.8. The summed E-state index contributed by atoms with van der Waals surface area (Å²) in [6.07, 6.45) is 0. The lowest BCUT2D eigenvalue weighted by atomic mass is 9.89. The highest BCUT2D eigenvalue weighted by molar-refractivity contribution is 4.99. The molecular weight excluding hydrogens is 176 g/mol. The summed E-state index contributed by atoms with van der Waals surface area (Å²) in [6, 6.07) is 0. The average Bonchev–Trinajstić information content (AvgIpc) is 2.01. The summed E-state index contributed by atoms with van der Waals surface area (Å²) in [5.41, 5.74) is 0.445. The van der Waals surface area contributed by atoms with Crippen LogP contribution in [0.3, 0.4) is 0 Å². The molecule has 3 nitrogen and oxygen atoms in total. The van der Waals surface area contributed by atoms with Crippen LogP contribution in [0.4, 0.5) is 0 Å². The van der Waals surface area contributed by atoms with Gasteiger partial charge in [0.1, 0.15) is 0 Å². The minimum absolute atomic E-state index is 0.222. The average molecular weight is 200 g/mol. The van der Waals surface area contributed by atoms with Gasteiger partial charge in [0.25, 0.3) is 0 Å². The molecule has 1 aliphatic heterocycles. The Balaban J connectivity index is 2.70.